The second-order valence-electron chi connectivity index (χ2n) is 2.69. The molecule has 0 radical (unpaired) electrons. The van der Waals surface area contributed by atoms with Crippen LogP contribution >= 0.6 is 0 Å². The van der Waals surface area contributed by atoms with Gasteiger partial charge in [0.25, 0.3) is 0 Å². The summed E-state index contributed by atoms with van der Waals surface area (Å²) in [5.41, 5.74) is 1.13. The number of aromatic nitrogens is 5. The predicted octanol–water partition coefficient (Wildman–Crippen LogP) is 0.0743. The fourth-order valence-electron chi connectivity index (χ4n) is 0.924. The Labute approximate surface area is 72.7 Å². The summed E-state index contributed by atoms with van der Waals surface area (Å²) in [4.78, 5) is 19.8. The van der Waals surface area contributed by atoms with Gasteiger partial charge in [-0.25, -0.2) is 9.78 Å². The highest BCUT2D eigenvalue weighted by atomic mass is 16.1. The van der Waals surface area contributed by atoms with Crippen molar-refractivity contribution in [3.63, 3.8) is 0 Å². The molecule has 0 aliphatic heterocycles. The van der Waals surface area contributed by atoms with Crippen molar-refractivity contribution in [2.45, 2.75) is 6.92 Å². The van der Waals surface area contributed by atoms with Gasteiger partial charge in [-0.1, -0.05) is 6.58 Å². The van der Waals surface area contributed by atoms with Crippen molar-refractivity contribution < 1.29 is 0 Å². The van der Waals surface area contributed by atoms with E-state index in [1.54, 1.807) is 6.92 Å². The smallest absolute Gasteiger partial charge is 0.289 e. The summed E-state index contributed by atoms with van der Waals surface area (Å²) < 4.78 is 0. The van der Waals surface area contributed by atoms with E-state index in [1.807, 2.05) is 0 Å². The predicted molar refractivity (Wildman–Crippen MR) is 47.0 cm³/mol. The first-order valence-electron chi connectivity index (χ1n) is 3.65. The standard InChI is InChI=1S/C7H7N5O/c1-3(2)4-8-5-6(12-11-4)10-7(13)9-5/h1H2,2H3,(H2,8,9,10,11,12,13). The second kappa shape index (κ2) is 2.51. The Morgan fingerprint density at radius 3 is 2.69 bits per heavy atom. The maximum absolute atomic E-state index is 10.8. The van der Waals surface area contributed by atoms with Gasteiger partial charge in [-0.3, -0.25) is 9.97 Å². The molecule has 0 atom stereocenters. The van der Waals surface area contributed by atoms with Gasteiger partial charge in [0.2, 0.25) is 0 Å². The molecule has 0 aromatic carbocycles. The molecule has 0 saturated heterocycles. The van der Waals surface area contributed by atoms with Crippen molar-refractivity contribution in [1.82, 2.24) is 25.1 Å². The maximum atomic E-state index is 10.8. The van der Waals surface area contributed by atoms with E-state index in [1.165, 1.54) is 0 Å². The molecule has 2 N–H and O–H groups in total. The van der Waals surface area contributed by atoms with Crippen molar-refractivity contribution >= 4 is 16.9 Å². The van der Waals surface area contributed by atoms with Gasteiger partial charge in [-0.15, -0.1) is 10.2 Å². The molecule has 6 nitrogen and oxygen atoms in total. The normalized spacial score (nSPS) is 10.5. The average Bonchev–Trinajstić information content (AvgIpc) is 2.42. The molecule has 13 heavy (non-hydrogen) atoms. The summed E-state index contributed by atoms with van der Waals surface area (Å²) in [6.07, 6.45) is 0. The van der Waals surface area contributed by atoms with Gasteiger partial charge >= 0.3 is 5.69 Å². The fraction of sp³-hybridized carbons (Fsp3) is 0.143. The first-order chi connectivity index (χ1) is 6.16. The monoisotopic (exact) mass is 177 g/mol. The van der Waals surface area contributed by atoms with E-state index < -0.39 is 0 Å². The number of hydrogen-bond donors (Lipinski definition) is 2. The van der Waals surface area contributed by atoms with Gasteiger partial charge in [0.15, 0.2) is 17.1 Å². The molecule has 0 saturated carbocycles. The lowest BCUT2D eigenvalue weighted by atomic mass is 10.3. The number of nitrogens with zero attached hydrogens (tertiary/aromatic N) is 3. The number of allylic oxidation sites excluding steroid dienone is 1. The van der Waals surface area contributed by atoms with E-state index >= 15 is 0 Å². The Kier molecular flexibility index (Phi) is 1.48. The van der Waals surface area contributed by atoms with Crippen molar-refractivity contribution in [2.75, 3.05) is 0 Å². The van der Waals surface area contributed by atoms with E-state index in [9.17, 15) is 4.79 Å². The van der Waals surface area contributed by atoms with Crippen LogP contribution in [0.15, 0.2) is 11.4 Å². The minimum absolute atomic E-state index is 0.337. The zero-order chi connectivity index (χ0) is 9.42. The first-order valence-corrected chi connectivity index (χ1v) is 3.65. The molecule has 0 aliphatic carbocycles. The third-order valence-corrected chi connectivity index (χ3v) is 1.53. The molecule has 2 aromatic rings. The van der Waals surface area contributed by atoms with Gasteiger partial charge in [0.1, 0.15) is 0 Å². The summed E-state index contributed by atoms with van der Waals surface area (Å²) in [6.45, 7) is 5.44. The van der Waals surface area contributed by atoms with Crippen LogP contribution in [-0.4, -0.2) is 25.1 Å². The summed E-state index contributed by atoms with van der Waals surface area (Å²) in [5.74, 6) is 0.433. The molecule has 0 amide bonds. The van der Waals surface area contributed by atoms with Crippen LogP contribution in [0, 0.1) is 0 Å². The maximum Gasteiger partial charge on any atom is 0.326 e. The lowest BCUT2D eigenvalue weighted by Crippen LogP contribution is -1.99. The molecule has 66 valence electrons. The molecule has 2 heterocycles. The topological polar surface area (TPSA) is 87.3 Å². The fourth-order valence-corrected chi connectivity index (χ4v) is 0.924. The Bertz CT molecular complexity index is 523. The van der Waals surface area contributed by atoms with Crippen LogP contribution in [0.4, 0.5) is 0 Å². The quantitative estimate of drug-likeness (QED) is 0.645. The number of H-pyrrole nitrogens is 2. The minimum Gasteiger partial charge on any atom is -0.289 e. The van der Waals surface area contributed by atoms with Crippen LogP contribution in [0.25, 0.3) is 16.9 Å². The molecule has 0 fully saturated rings. The molecule has 2 aromatic heterocycles. The largest absolute Gasteiger partial charge is 0.326 e. The third-order valence-electron chi connectivity index (χ3n) is 1.53. The SMILES string of the molecule is C=C(C)c1nnc2[nH]c(=O)[nH]c2n1. The van der Waals surface area contributed by atoms with Crippen LogP contribution in [-0.2, 0) is 0 Å². The summed E-state index contributed by atoms with van der Waals surface area (Å²) in [7, 11) is 0. The Morgan fingerprint density at radius 1 is 1.31 bits per heavy atom. The van der Waals surface area contributed by atoms with E-state index in [0.717, 1.165) is 0 Å². The van der Waals surface area contributed by atoms with E-state index in [0.29, 0.717) is 22.7 Å². The lowest BCUT2D eigenvalue weighted by molar-refractivity contribution is 0.979. The van der Waals surface area contributed by atoms with E-state index in [2.05, 4.69) is 31.7 Å². The second-order valence-corrected chi connectivity index (χ2v) is 2.69. The zero-order valence-electron chi connectivity index (χ0n) is 6.96. The number of nitrogens with one attached hydrogen (secondary N) is 2. The molecular weight excluding hydrogens is 170 g/mol. The van der Waals surface area contributed by atoms with Crippen molar-refractivity contribution in [2.24, 2.45) is 0 Å². The molecular formula is C7H7N5O. The summed E-state index contributed by atoms with van der Waals surface area (Å²) in [6, 6.07) is 0. The molecule has 0 bridgehead atoms. The van der Waals surface area contributed by atoms with Crippen LogP contribution in [0.1, 0.15) is 12.7 Å². The van der Waals surface area contributed by atoms with Gasteiger partial charge in [0.05, 0.1) is 0 Å². The van der Waals surface area contributed by atoms with Crippen molar-refractivity contribution in [3.8, 4) is 0 Å². The molecule has 6 heteroatoms. The van der Waals surface area contributed by atoms with Crippen molar-refractivity contribution in [1.29, 1.82) is 0 Å². The molecule has 0 aliphatic rings. The Hall–Kier alpha value is -1.98. The number of rotatable bonds is 1. The Balaban J connectivity index is 2.74. The highest BCUT2D eigenvalue weighted by Gasteiger charge is 2.04. The summed E-state index contributed by atoms with van der Waals surface area (Å²) >= 11 is 0. The van der Waals surface area contributed by atoms with Crippen LogP contribution in [0.2, 0.25) is 0 Å². The van der Waals surface area contributed by atoms with Gasteiger partial charge in [-0.05, 0) is 12.5 Å². The van der Waals surface area contributed by atoms with Crippen molar-refractivity contribution in [3.05, 3.63) is 22.9 Å². The molecule has 2 rings (SSSR count). The zero-order valence-corrected chi connectivity index (χ0v) is 6.96. The van der Waals surface area contributed by atoms with Gasteiger partial charge in [0, 0.05) is 0 Å². The third kappa shape index (κ3) is 1.22. The van der Waals surface area contributed by atoms with E-state index in [4.69, 9.17) is 0 Å². The Morgan fingerprint density at radius 2 is 2.00 bits per heavy atom. The minimum atomic E-state index is -0.337. The highest BCUT2D eigenvalue weighted by Crippen LogP contribution is 2.05. The van der Waals surface area contributed by atoms with Gasteiger partial charge in [-0.2, -0.15) is 0 Å². The molecule has 0 spiro atoms. The number of imidazole rings is 1. The number of hydrogen-bond acceptors (Lipinski definition) is 4. The summed E-state index contributed by atoms with van der Waals surface area (Å²) in [5, 5.41) is 7.53. The van der Waals surface area contributed by atoms with E-state index in [-0.39, 0.29) is 5.69 Å². The number of aromatic amines is 2. The van der Waals surface area contributed by atoms with Crippen LogP contribution in [0.5, 0.6) is 0 Å². The first kappa shape index (κ1) is 7.66. The van der Waals surface area contributed by atoms with Gasteiger partial charge < -0.3 is 0 Å². The number of fused-ring (bicyclic) bond motifs is 1. The molecule has 0 unspecified atom stereocenters. The van der Waals surface area contributed by atoms with Crippen LogP contribution in [0.3, 0.4) is 0 Å². The lowest BCUT2D eigenvalue weighted by Gasteiger charge is -1.93. The van der Waals surface area contributed by atoms with Crippen LogP contribution < -0.4 is 5.69 Å². The highest BCUT2D eigenvalue weighted by molar-refractivity contribution is 5.66. The average molecular weight is 177 g/mol.